The van der Waals surface area contributed by atoms with Gasteiger partial charge in [-0.25, -0.2) is 14.4 Å². The minimum absolute atomic E-state index is 0.138. The van der Waals surface area contributed by atoms with E-state index in [1.54, 1.807) is 37.3 Å². The van der Waals surface area contributed by atoms with Crippen molar-refractivity contribution in [2.45, 2.75) is 20.3 Å². The first-order valence-electron chi connectivity index (χ1n) is 10.8. The largest absolute Gasteiger partial charge is 0.508 e. The molecule has 0 aliphatic rings. The van der Waals surface area contributed by atoms with Crippen molar-refractivity contribution in [1.82, 2.24) is 0 Å². The normalized spacial score (nSPS) is 10.6. The summed E-state index contributed by atoms with van der Waals surface area (Å²) in [7, 11) is 0. The molecule has 0 aliphatic carbocycles. The summed E-state index contributed by atoms with van der Waals surface area (Å²) in [5.41, 5.74) is 1.96. The van der Waals surface area contributed by atoms with Gasteiger partial charge in [-0.05, 0) is 85.1 Å². The highest BCUT2D eigenvalue weighted by Gasteiger charge is 2.13. The van der Waals surface area contributed by atoms with Crippen molar-refractivity contribution in [3.63, 3.8) is 0 Å². The van der Waals surface area contributed by atoms with E-state index >= 15 is 0 Å². The smallest absolute Gasteiger partial charge is 0.343 e. The van der Waals surface area contributed by atoms with Crippen LogP contribution < -0.4 is 14.2 Å². The van der Waals surface area contributed by atoms with Gasteiger partial charge in [0.25, 0.3) is 0 Å². The molecular weight excluding hydrogens is 448 g/mol. The first kappa shape index (κ1) is 25.0. The van der Waals surface area contributed by atoms with E-state index < -0.39 is 17.9 Å². The van der Waals surface area contributed by atoms with E-state index in [4.69, 9.17) is 14.2 Å². The van der Waals surface area contributed by atoms with Crippen LogP contribution in [0.15, 0.2) is 85.0 Å². The van der Waals surface area contributed by atoms with Crippen molar-refractivity contribution in [2.75, 3.05) is 0 Å². The maximum absolute atomic E-state index is 12.5. The predicted octanol–water partition coefficient (Wildman–Crippen LogP) is 5.27. The van der Waals surface area contributed by atoms with Crippen LogP contribution in [0.25, 0.3) is 6.08 Å². The van der Waals surface area contributed by atoms with Gasteiger partial charge in [0.05, 0.1) is 5.56 Å². The molecule has 0 aromatic heterocycles. The van der Waals surface area contributed by atoms with Crippen LogP contribution in [0.5, 0.6) is 23.0 Å². The van der Waals surface area contributed by atoms with Crippen LogP contribution in [-0.2, 0) is 16.0 Å². The van der Waals surface area contributed by atoms with Gasteiger partial charge in [0.2, 0.25) is 0 Å². The van der Waals surface area contributed by atoms with Gasteiger partial charge < -0.3 is 19.3 Å². The molecule has 0 atom stereocenters. The van der Waals surface area contributed by atoms with Crippen LogP contribution in [0.1, 0.15) is 35.3 Å². The molecule has 0 saturated carbocycles. The number of hydrogen-bond donors (Lipinski definition) is 1. The number of aryl methyl sites for hydroxylation is 1. The Balaban J connectivity index is 1.63. The average molecular weight is 472 g/mol. The highest BCUT2D eigenvalue weighted by molar-refractivity contribution is 5.92. The second kappa shape index (κ2) is 11.5. The molecule has 3 rings (SSSR count). The zero-order valence-electron chi connectivity index (χ0n) is 19.3. The Morgan fingerprint density at radius 1 is 0.886 bits per heavy atom. The maximum atomic E-state index is 12.5. The number of hydrogen-bond acceptors (Lipinski definition) is 7. The SMILES string of the molecule is C=C(C)C(=O)Oc1ccc(C(=O)Oc2ccc(OC(=O)/C=C/c3ccc(O)cc3)c(CC)c2)cc1. The molecule has 0 spiro atoms. The number of esters is 3. The Kier molecular flexibility index (Phi) is 8.19. The Bertz CT molecular complexity index is 1270. The molecular formula is C28H24O7. The molecule has 0 unspecified atom stereocenters. The maximum Gasteiger partial charge on any atom is 0.343 e. The summed E-state index contributed by atoms with van der Waals surface area (Å²) in [6.45, 7) is 6.94. The van der Waals surface area contributed by atoms with Crippen molar-refractivity contribution in [3.8, 4) is 23.0 Å². The summed E-state index contributed by atoms with van der Waals surface area (Å²) in [4.78, 5) is 36.3. The second-order valence-corrected chi connectivity index (χ2v) is 7.55. The molecule has 7 nitrogen and oxygen atoms in total. The lowest BCUT2D eigenvalue weighted by atomic mass is 10.1. The van der Waals surface area contributed by atoms with Crippen LogP contribution in [0, 0.1) is 0 Å². The number of phenols is 1. The van der Waals surface area contributed by atoms with E-state index in [-0.39, 0.29) is 22.6 Å². The fourth-order valence-corrected chi connectivity index (χ4v) is 2.91. The molecule has 0 fully saturated rings. The number of ether oxygens (including phenoxy) is 3. The Hall–Kier alpha value is -4.65. The van der Waals surface area contributed by atoms with Gasteiger partial charge in [-0.2, -0.15) is 0 Å². The first-order chi connectivity index (χ1) is 16.7. The minimum atomic E-state index is -0.591. The number of carbonyl (C=O) groups is 3. The molecule has 3 aromatic rings. The number of phenolic OH excluding ortho intramolecular Hbond substituents is 1. The summed E-state index contributed by atoms with van der Waals surface area (Å²) < 4.78 is 16.0. The summed E-state index contributed by atoms with van der Waals surface area (Å²) >= 11 is 0. The number of benzene rings is 3. The lowest BCUT2D eigenvalue weighted by Crippen LogP contribution is -2.11. The van der Waals surface area contributed by atoms with Crippen LogP contribution >= 0.6 is 0 Å². The molecule has 0 heterocycles. The number of carbonyl (C=O) groups excluding carboxylic acids is 3. The van der Waals surface area contributed by atoms with Gasteiger partial charge in [0, 0.05) is 11.6 Å². The molecule has 35 heavy (non-hydrogen) atoms. The molecule has 0 saturated heterocycles. The third-order valence-corrected chi connectivity index (χ3v) is 4.79. The topological polar surface area (TPSA) is 99.1 Å². The van der Waals surface area contributed by atoms with Crippen LogP contribution in [0.4, 0.5) is 0 Å². The standard InChI is InChI=1S/C28H24O7/c1-4-20-17-24(34-28(32)21-8-12-23(13-9-21)33-27(31)18(2)3)14-15-25(20)35-26(30)16-7-19-5-10-22(29)11-6-19/h5-17,29H,2,4H2,1,3H3/b16-7+. The number of aromatic hydroxyl groups is 1. The van der Waals surface area contributed by atoms with E-state index in [1.807, 2.05) is 6.92 Å². The van der Waals surface area contributed by atoms with Crippen molar-refractivity contribution in [1.29, 1.82) is 0 Å². The third-order valence-electron chi connectivity index (χ3n) is 4.79. The average Bonchev–Trinajstić information content (AvgIpc) is 2.85. The van der Waals surface area contributed by atoms with Gasteiger partial charge in [-0.15, -0.1) is 0 Å². The van der Waals surface area contributed by atoms with E-state index in [2.05, 4.69) is 6.58 Å². The van der Waals surface area contributed by atoms with Crippen LogP contribution in [0.2, 0.25) is 0 Å². The fourth-order valence-electron chi connectivity index (χ4n) is 2.91. The molecule has 7 heteroatoms. The lowest BCUT2D eigenvalue weighted by Gasteiger charge is -2.11. The summed E-state index contributed by atoms with van der Waals surface area (Å²) in [5.74, 6) is -0.631. The minimum Gasteiger partial charge on any atom is -0.508 e. The Morgan fingerprint density at radius 3 is 2.17 bits per heavy atom. The highest BCUT2D eigenvalue weighted by atomic mass is 16.5. The molecule has 3 aromatic carbocycles. The third kappa shape index (κ3) is 7.17. The van der Waals surface area contributed by atoms with Crippen molar-refractivity contribution >= 4 is 24.0 Å². The quantitative estimate of drug-likeness (QED) is 0.271. The first-order valence-corrected chi connectivity index (χ1v) is 10.8. The van der Waals surface area contributed by atoms with Gasteiger partial charge >= 0.3 is 17.9 Å². The predicted molar refractivity (Wildman–Crippen MR) is 130 cm³/mol. The van der Waals surface area contributed by atoms with Gasteiger partial charge in [-0.3, -0.25) is 0 Å². The van der Waals surface area contributed by atoms with Gasteiger partial charge in [0.15, 0.2) is 0 Å². The van der Waals surface area contributed by atoms with Crippen molar-refractivity contribution in [3.05, 3.63) is 102 Å². The van der Waals surface area contributed by atoms with E-state index in [0.29, 0.717) is 23.5 Å². The zero-order valence-corrected chi connectivity index (χ0v) is 19.3. The molecule has 1 N–H and O–H groups in total. The molecule has 0 aliphatic heterocycles. The monoisotopic (exact) mass is 472 g/mol. The molecule has 178 valence electrons. The molecule has 0 bridgehead atoms. The zero-order chi connectivity index (χ0) is 25.4. The fraction of sp³-hybridized carbons (Fsp3) is 0.107. The van der Waals surface area contributed by atoms with Crippen LogP contribution in [0.3, 0.4) is 0 Å². The lowest BCUT2D eigenvalue weighted by molar-refractivity contribution is -0.130. The van der Waals surface area contributed by atoms with Gasteiger partial charge in [-0.1, -0.05) is 25.6 Å². The molecule has 0 radical (unpaired) electrons. The number of rotatable bonds is 8. The van der Waals surface area contributed by atoms with E-state index in [0.717, 1.165) is 5.56 Å². The second-order valence-electron chi connectivity index (χ2n) is 7.55. The van der Waals surface area contributed by atoms with Crippen molar-refractivity contribution < 1.29 is 33.7 Å². The Labute approximate surface area is 202 Å². The van der Waals surface area contributed by atoms with E-state index in [9.17, 15) is 19.5 Å². The Morgan fingerprint density at radius 2 is 1.54 bits per heavy atom. The summed E-state index contributed by atoms with van der Waals surface area (Å²) in [6, 6.07) is 17.1. The summed E-state index contributed by atoms with van der Waals surface area (Å²) in [6.07, 6.45) is 3.41. The van der Waals surface area contributed by atoms with Gasteiger partial charge in [0.1, 0.15) is 23.0 Å². The highest BCUT2D eigenvalue weighted by Crippen LogP contribution is 2.26. The molecule has 0 amide bonds. The van der Waals surface area contributed by atoms with Crippen molar-refractivity contribution in [2.24, 2.45) is 0 Å². The van der Waals surface area contributed by atoms with Crippen LogP contribution in [-0.4, -0.2) is 23.0 Å². The van der Waals surface area contributed by atoms with E-state index in [1.165, 1.54) is 48.5 Å². The summed E-state index contributed by atoms with van der Waals surface area (Å²) in [5, 5.41) is 9.32.